The maximum absolute atomic E-state index is 12.2. The van der Waals surface area contributed by atoms with E-state index in [9.17, 15) is 9.90 Å². The summed E-state index contributed by atoms with van der Waals surface area (Å²) in [6.07, 6.45) is 8.14. The Morgan fingerprint density at radius 3 is 2.84 bits per heavy atom. The van der Waals surface area contributed by atoms with Crippen LogP contribution in [0.5, 0.6) is 0 Å². The minimum atomic E-state index is -0.927. The molecule has 0 heterocycles. The van der Waals surface area contributed by atoms with E-state index >= 15 is 0 Å². The van der Waals surface area contributed by atoms with E-state index in [0.717, 1.165) is 38.5 Å². The summed E-state index contributed by atoms with van der Waals surface area (Å²) in [5.74, 6) is 7.68. The van der Waals surface area contributed by atoms with Crippen molar-refractivity contribution in [3.05, 3.63) is 58.2 Å². The molecule has 0 unspecified atom stereocenters. The zero-order valence-electron chi connectivity index (χ0n) is 19.5. The Morgan fingerprint density at radius 2 is 2.06 bits per heavy atom. The van der Waals surface area contributed by atoms with Crippen LogP contribution in [-0.4, -0.2) is 23.6 Å². The van der Waals surface area contributed by atoms with Crippen LogP contribution < -0.4 is 0 Å². The van der Waals surface area contributed by atoms with Gasteiger partial charge in [0.1, 0.15) is 5.60 Å². The smallest absolute Gasteiger partial charge is 0.156 e. The summed E-state index contributed by atoms with van der Waals surface area (Å²) in [7, 11) is 1.73. The van der Waals surface area contributed by atoms with Gasteiger partial charge >= 0.3 is 0 Å². The highest BCUT2D eigenvalue weighted by Crippen LogP contribution is 2.66. The monoisotopic (exact) mass is 430 g/mol. The number of allylic oxidation sites excluding steroid dienone is 4. The van der Waals surface area contributed by atoms with E-state index in [1.165, 1.54) is 22.3 Å². The minimum absolute atomic E-state index is 0.238. The molecule has 3 nitrogen and oxygen atoms in total. The molecule has 0 aliphatic heterocycles. The van der Waals surface area contributed by atoms with E-state index in [1.807, 2.05) is 13.0 Å². The second-order valence-electron chi connectivity index (χ2n) is 10.4. The van der Waals surface area contributed by atoms with Gasteiger partial charge in [0.2, 0.25) is 0 Å². The van der Waals surface area contributed by atoms with Crippen molar-refractivity contribution in [3.8, 4) is 11.8 Å². The molecular weight excluding hydrogens is 396 g/mol. The summed E-state index contributed by atoms with van der Waals surface area (Å²) in [6.45, 7) is 4.73. The van der Waals surface area contributed by atoms with Crippen LogP contribution in [0.2, 0.25) is 0 Å². The quantitative estimate of drug-likeness (QED) is 0.645. The lowest BCUT2D eigenvalue weighted by molar-refractivity contribution is -0.114. The largest absolute Gasteiger partial charge is 0.380 e. The van der Waals surface area contributed by atoms with Gasteiger partial charge in [-0.15, -0.1) is 5.92 Å². The summed E-state index contributed by atoms with van der Waals surface area (Å²) < 4.78 is 5.41. The highest BCUT2D eigenvalue weighted by Gasteiger charge is 2.62. The predicted molar refractivity (Wildman–Crippen MR) is 126 cm³/mol. The molecule has 3 heteroatoms. The lowest BCUT2D eigenvalue weighted by atomic mass is 9.51. The Morgan fingerprint density at radius 1 is 1.22 bits per heavy atom. The molecular formula is C29H34O3. The van der Waals surface area contributed by atoms with Gasteiger partial charge in [0.15, 0.2) is 5.78 Å². The summed E-state index contributed by atoms with van der Waals surface area (Å²) in [5, 5.41) is 11.7. The maximum atomic E-state index is 12.2. The standard InChI is InChI=1S/C29H34O3/c1-4-13-29(31)14-12-26-24-10-8-21-16-22(30)9-11-23(21)27(24)25(17-28(26,29)2)20-7-5-6-19(15-20)18-32-3/h5-7,15-16,24-26,31H,8-12,14,17-18H2,1-3H3/t24-,25+,26-,28-,29-/m0/s1. The molecule has 2 saturated carbocycles. The summed E-state index contributed by atoms with van der Waals surface area (Å²) in [5.41, 5.74) is 5.60. The zero-order valence-corrected chi connectivity index (χ0v) is 19.5. The SMILES string of the molecule is CC#C[C@]1(O)CC[C@H]2[C@@H]3CCC4=CC(=O)CCC4=C3[C@@H](c3cccc(COC)c3)C[C@@]21C. The highest BCUT2D eigenvalue weighted by molar-refractivity contribution is 5.93. The predicted octanol–water partition coefficient (Wildman–Crippen LogP) is 5.49. The van der Waals surface area contributed by atoms with Crippen LogP contribution in [-0.2, 0) is 16.1 Å². The fraction of sp³-hybridized carbons (Fsp3) is 0.552. The summed E-state index contributed by atoms with van der Waals surface area (Å²) in [6, 6.07) is 8.78. The van der Waals surface area contributed by atoms with Gasteiger partial charge in [-0.05, 0) is 85.6 Å². The summed E-state index contributed by atoms with van der Waals surface area (Å²) >= 11 is 0. The molecule has 4 aliphatic carbocycles. The van der Waals surface area contributed by atoms with Crippen molar-refractivity contribution in [1.29, 1.82) is 0 Å². The van der Waals surface area contributed by atoms with E-state index in [-0.39, 0.29) is 17.1 Å². The van der Waals surface area contributed by atoms with Gasteiger partial charge in [-0.1, -0.05) is 42.7 Å². The topological polar surface area (TPSA) is 46.5 Å². The van der Waals surface area contributed by atoms with Gasteiger partial charge < -0.3 is 9.84 Å². The van der Waals surface area contributed by atoms with E-state index in [2.05, 4.69) is 43.0 Å². The molecule has 168 valence electrons. The fourth-order valence-corrected chi connectivity index (χ4v) is 7.44. The normalized spacial score (nSPS) is 35.9. The van der Waals surface area contributed by atoms with Gasteiger partial charge in [-0.2, -0.15) is 0 Å². The number of fused-ring (bicyclic) bond motifs is 4. The van der Waals surface area contributed by atoms with Gasteiger partial charge in [-0.25, -0.2) is 0 Å². The Hall–Kier alpha value is -2.15. The molecule has 0 radical (unpaired) electrons. The van der Waals surface area contributed by atoms with Crippen LogP contribution >= 0.6 is 0 Å². The van der Waals surface area contributed by atoms with Crippen molar-refractivity contribution >= 4 is 5.78 Å². The number of methoxy groups -OCH3 is 1. The third-order valence-electron chi connectivity index (χ3n) is 8.88. The minimum Gasteiger partial charge on any atom is -0.380 e. The van der Waals surface area contributed by atoms with Gasteiger partial charge in [0.05, 0.1) is 6.61 Å². The fourth-order valence-electron chi connectivity index (χ4n) is 7.44. The average Bonchev–Trinajstić information content (AvgIpc) is 3.04. The molecule has 1 N–H and O–H groups in total. The van der Waals surface area contributed by atoms with Crippen molar-refractivity contribution < 1.29 is 14.6 Å². The number of benzene rings is 1. The van der Waals surface area contributed by atoms with E-state index in [4.69, 9.17) is 4.74 Å². The van der Waals surface area contributed by atoms with Crippen molar-refractivity contribution in [2.24, 2.45) is 17.3 Å². The third-order valence-corrected chi connectivity index (χ3v) is 8.88. The van der Waals surface area contributed by atoms with Crippen LogP contribution in [0.1, 0.15) is 75.8 Å². The number of carbonyl (C=O) groups excluding carboxylic acids is 1. The first-order valence-electron chi connectivity index (χ1n) is 12.1. The molecule has 0 spiro atoms. The molecule has 0 aromatic heterocycles. The van der Waals surface area contributed by atoms with Crippen molar-refractivity contribution in [1.82, 2.24) is 0 Å². The van der Waals surface area contributed by atoms with Crippen molar-refractivity contribution in [2.45, 2.75) is 76.9 Å². The number of carbonyl (C=O) groups is 1. The average molecular weight is 431 g/mol. The lowest BCUT2D eigenvalue weighted by Crippen LogP contribution is -2.51. The Balaban J connectivity index is 1.68. The third kappa shape index (κ3) is 3.23. The van der Waals surface area contributed by atoms with E-state index < -0.39 is 5.60 Å². The van der Waals surface area contributed by atoms with Crippen LogP contribution in [0.15, 0.2) is 47.1 Å². The molecule has 0 bridgehead atoms. The maximum Gasteiger partial charge on any atom is 0.156 e. The molecule has 1 aromatic carbocycles. The second-order valence-corrected chi connectivity index (χ2v) is 10.4. The Bertz CT molecular complexity index is 1070. The number of rotatable bonds is 3. The number of hydrogen-bond donors (Lipinski definition) is 1. The number of hydrogen-bond acceptors (Lipinski definition) is 3. The molecule has 32 heavy (non-hydrogen) atoms. The highest BCUT2D eigenvalue weighted by atomic mass is 16.5. The van der Waals surface area contributed by atoms with Crippen LogP contribution in [0.3, 0.4) is 0 Å². The first-order valence-corrected chi connectivity index (χ1v) is 12.1. The van der Waals surface area contributed by atoms with Crippen LogP contribution in [0, 0.1) is 29.1 Å². The molecule has 4 aliphatic rings. The number of aliphatic hydroxyl groups is 1. The Labute approximate surface area is 191 Å². The molecule has 5 rings (SSSR count). The first-order chi connectivity index (χ1) is 15.4. The van der Waals surface area contributed by atoms with E-state index in [0.29, 0.717) is 24.9 Å². The number of ether oxygens (including phenoxy) is 1. The lowest BCUT2D eigenvalue weighted by Gasteiger charge is -2.53. The van der Waals surface area contributed by atoms with Crippen LogP contribution in [0.4, 0.5) is 0 Å². The first kappa shape index (κ1) is 21.7. The Kier molecular flexibility index (Phi) is 5.43. The zero-order chi connectivity index (χ0) is 22.5. The van der Waals surface area contributed by atoms with Gasteiger partial charge in [0.25, 0.3) is 0 Å². The second kappa shape index (κ2) is 8.01. The van der Waals surface area contributed by atoms with Crippen molar-refractivity contribution in [2.75, 3.05) is 7.11 Å². The summed E-state index contributed by atoms with van der Waals surface area (Å²) in [4.78, 5) is 12.2. The molecule has 0 amide bonds. The van der Waals surface area contributed by atoms with Crippen LogP contribution in [0.25, 0.3) is 0 Å². The van der Waals surface area contributed by atoms with Crippen molar-refractivity contribution in [3.63, 3.8) is 0 Å². The molecule has 5 atom stereocenters. The molecule has 2 fully saturated rings. The van der Waals surface area contributed by atoms with Gasteiger partial charge in [-0.3, -0.25) is 4.79 Å². The van der Waals surface area contributed by atoms with Gasteiger partial charge in [0, 0.05) is 24.9 Å². The van der Waals surface area contributed by atoms with E-state index in [1.54, 1.807) is 12.7 Å². The molecule has 0 saturated heterocycles. The number of ketones is 1. The molecule has 1 aromatic rings.